The maximum atomic E-state index is 12.0. The lowest BCUT2D eigenvalue weighted by Crippen LogP contribution is -2.31. The molecule has 0 aliphatic carbocycles. The SMILES string of the molecule is COC(=O)N1Cc2ccccc2C=C1c1ccccc1. The summed E-state index contributed by atoms with van der Waals surface area (Å²) < 4.78 is 4.90. The molecule has 0 aromatic heterocycles. The summed E-state index contributed by atoms with van der Waals surface area (Å²) in [4.78, 5) is 13.7. The number of fused-ring (bicyclic) bond motifs is 1. The number of hydrogen-bond acceptors (Lipinski definition) is 2. The zero-order valence-corrected chi connectivity index (χ0v) is 11.2. The fraction of sp³-hybridized carbons (Fsp3) is 0.118. The Labute approximate surface area is 118 Å². The number of nitrogens with zero attached hydrogens (tertiary/aromatic N) is 1. The van der Waals surface area contributed by atoms with E-state index in [2.05, 4.69) is 6.07 Å². The highest BCUT2D eigenvalue weighted by Gasteiger charge is 2.24. The second-order valence-electron chi connectivity index (χ2n) is 4.65. The average Bonchev–Trinajstić information content (AvgIpc) is 2.53. The predicted molar refractivity (Wildman–Crippen MR) is 78.7 cm³/mol. The number of carbonyl (C=O) groups is 1. The van der Waals surface area contributed by atoms with E-state index in [1.807, 2.05) is 54.6 Å². The van der Waals surface area contributed by atoms with Gasteiger partial charge in [0.2, 0.25) is 0 Å². The number of ether oxygens (including phenoxy) is 1. The Balaban J connectivity index is 2.11. The highest BCUT2D eigenvalue weighted by Crippen LogP contribution is 2.31. The summed E-state index contributed by atoms with van der Waals surface area (Å²) in [5, 5.41) is 0. The van der Waals surface area contributed by atoms with Crippen molar-refractivity contribution in [1.29, 1.82) is 0 Å². The van der Waals surface area contributed by atoms with Crippen molar-refractivity contribution in [3.8, 4) is 0 Å². The lowest BCUT2D eigenvalue weighted by molar-refractivity contribution is 0.141. The van der Waals surface area contributed by atoms with E-state index in [4.69, 9.17) is 4.74 Å². The fourth-order valence-corrected chi connectivity index (χ4v) is 2.42. The summed E-state index contributed by atoms with van der Waals surface area (Å²) in [7, 11) is 1.41. The summed E-state index contributed by atoms with van der Waals surface area (Å²) in [6.07, 6.45) is 1.69. The molecule has 0 spiro atoms. The molecule has 0 fully saturated rings. The molecule has 20 heavy (non-hydrogen) atoms. The molecule has 1 aliphatic rings. The highest BCUT2D eigenvalue weighted by atomic mass is 16.5. The van der Waals surface area contributed by atoms with E-state index in [0.717, 1.165) is 22.4 Å². The molecule has 1 aliphatic heterocycles. The first kappa shape index (κ1) is 12.5. The van der Waals surface area contributed by atoms with Gasteiger partial charge in [-0.2, -0.15) is 0 Å². The molecule has 0 bridgehead atoms. The molecule has 100 valence electrons. The summed E-state index contributed by atoms with van der Waals surface area (Å²) >= 11 is 0. The van der Waals surface area contributed by atoms with Gasteiger partial charge in [0.1, 0.15) is 0 Å². The van der Waals surface area contributed by atoms with Gasteiger partial charge in [-0.05, 0) is 22.8 Å². The molecule has 0 saturated heterocycles. The lowest BCUT2D eigenvalue weighted by atomic mass is 9.98. The van der Waals surface area contributed by atoms with E-state index >= 15 is 0 Å². The highest BCUT2D eigenvalue weighted by molar-refractivity contribution is 5.91. The summed E-state index contributed by atoms with van der Waals surface area (Å²) in [6.45, 7) is 0.531. The van der Waals surface area contributed by atoms with Crippen molar-refractivity contribution in [2.45, 2.75) is 6.54 Å². The molecule has 1 heterocycles. The van der Waals surface area contributed by atoms with Crippen LogP contribution in [0.5, 0.6) is 0 Å². The minimum atomic E-state index is -0.338. The van der Waals surface area contributed by atoms with Crippen LogP contribution in [0.3, 0.4) is 0 Å². The first-order valence-corrected chi connectivity index (χ1v) is 6.50. The van der Waals surface area contributed by atoms with Crippen LogP contribution in [-0.2, 0) is 11.3 Å². The van der Waals surface area contributed by atoms with Gasteiger partial charge in [-0.15, -0.1) is 0 Å². The first-order valence-electron chi connectivity index (χ1n) is 6.50. The third-order valence-electron chi connectivity index (χ3n) is 3.43. The Hall–Kier alpha value is -2.55. The quantitative estimate of drug-likeness (QED) is 0.785. The van der Waals surface area contributed by atoms with E-state index < -0.39 is 0 Å². The fourth-order valence-electron chi connectivity index (χ4n) is 2.42. The van der Waals surface area contributed by atoms with E-state index in [1.54, 1.807) is 4.90 Å². The van der Waals surface area contributed by atoms with Crippen LogP contribution in [0.15, 0.2) is 54.6 Å². The van der Waals surface area contributed by atoms with Gasteiger partial charge >= 0.3 is 6.09 Å². The van der Waals surface area contributed by atoms with E-state index in [0.29, 0.717) is 6.54 Å². The minimum Gasteiger partial charge on any atom is -0.452 e. The Morgan fingerprint density at radius 3 is 2.50 bits per heavy atom. The van der Waals surface area contributed by atoms with Gasteiger partial charge in [-0.25, -0.2) is 4.79 Å². The molecule has 0 atom stereocenters. The van der Waals surface area contributed by atoms with Crippen LogP contribution in [0, 0.1) is 0 Å². The maximum absolute atomic E-state index is 12.0. The number of carbonyl (C=O) groups excluding carboxylic acids is 1. The second-order valence-corrected chi connectivity index (χ2v) is 4.65. The average molecular weight is 265 g/mol. The van der Waals surface area contributed by atoms with Crippen LogP contribution >= 0.6 is 0 Å². The van der Waals surface area contributed by atoms with Gasteiger partial charge in [-0.3, -0.25) is 4.90 Å². The number of benzene rings is 2. The standard InChI is InChI=1S/C17H15NO2/c1-20-17(19)18-12-15-10-6-5-9-14(15)11-16(18)13-7-3-2-4-8-13/h2-11H,12H2,1H3. The largest absolute Gasteiger partial charge is 0.452 e. The molecule has 0 saturated carbocycles. The van der Waals surface area contributed by atoms with Crippen LogP contribution in [0.4, 0.5) is 4.79 Å². The van der Waals surface area contributed by atoms with Crippen molar-refractivity contribution < 1.29 is 9.53 Å². The Morgan fingerprint density at radius 1 is 1.05 bits per heavy atom. The van der Waals surface area contributed by atoms with Gasteiger partial charge in [-0.1, -0.05) is 54.6 Å². The summed E-state index contributed by atoms with van der Waals surface area (Å²) in [5.41, 5.74) is 4.15. The molecule has 2 aromatic carbocycles. The van der Waals surface area contributed by atoms with E-state index in [-0.39, 0.29) is 6.09 Å². The van der Waals surface area contributed by atoms with Crippen molar-refractivity contribution in [3.05, 3.63) is 71.3 Å². The van der Waals surface area contributed by atoms with Crippen molar-refractivity contribution in [2.24, 2.45) is 0 Å². The predicted octanol–water partition coefficient (Wildman–Crippen LogP) is 3.77. The van der Waals surface area contributed by atoms with Crippen molar-refractivity contribution >= 4 is 17.9 Å². The minimum absolute atomic E-state index is 0.338. The Morgan fingerprint density at radius 2 is 1.75 bits per heavy atom. The zero-order valence-electron chi connectivity index (χ0n) is 11.2. The van der Waals surface area contributed by atoms with Crippen LogP contribution in [0.2, 0.25) is 0 Å². The molecule has 3 heteroatoms. The normalized spacial score (nSPS) is 13.4. The van der Waals surface area contributed by atoms with Crippen LogP contribution in [0.1, 0.15) is 16.7 Å². The Kier molecular flexibility index (Phi) is 3.25. The molecule has 0 unspecified atom stereocenters. The summed E-state index contributed by atoms with van der Waals surface area (Å²) in [6, 6.07) is 18.0. The van der Waals surface area contributed by atoms with E-state index in [1.165, 1.54) is 7.11 Å². The van der Waals surface area contributed by atoms with Crippen molar-refractivity contribution in [3.63, 3.8) is 0 Å². The molecule has 0 N–H and O–H groups in total. The molecule has 1 amide bonds. The molecule has 2 aromatic rings. The number of amides is 1. The van der Waals surface area contributed by atoms with Crippen LogP contribution < -0.4 is 0 Å². The monoisotopic (exact) mass is 265 g/mol. The van der Waals surface area contributed by atoms with Crippen LogP contribution in [0.25, 0.3) is 11.8 Å². The molecule has 3 rings (SSSR count). The van der Waals surface area contributed by atoms with E-state index in [9.17, 15) is 4.79 Å². The number of methoxy groups -OCH3 is 1. The van der Waals surface area contributed by atoms with Crippen molar-refractivity contribution in [2.75, 3.05) is 7.11 Å². The smallest absolute Gasteiger partial charge is 0.414 e. The Bertz CT molecular complexity index is 662. The van der Waals surface area contributed by atoms with Gasteiger partial charge in [0.25, 0.3) is 0 Å². The maximum Gasteiger partial charge on any atom is 0.414 e. The number of hydrogen-bond donors (Lipinski definition) is 0. The number of rotatable bonds is 1. The van der Waals surface area contributed by atoms with Gasteiger partial charge in [0.05, 0.1) is 19.4 Å². The molecular formula is C17H15NO2. The third kappa shape index (κ3) is 2.18. The van der Waals surface area contributed by atoms with Crippen LogP contribution in [-0.4, -0.2) is 18.1 Å². The topological polar surface area (TPSA) is 29.5 Å². The summed E-state index contributed by atoms with van der Waals surface area (Å²) in [5.74, 6) is 0. The third-order valence-corrected chi connectivity index (χ3v) is 3.43. The lowest BCUT2D eigenvalue weighted by Gasteiger charge is -2.29. The molecule has 3 nitrogen and oxygen atoms in total. The van der Waals surface area contributed by atoms with Crippen molar-refractivity contribution in [1.82, 2.24) is 4.90 Å². The van der Waals surface area contributed by atoms with Gasteiger partial charge in [0, 0.05) is 0 Å². The molecular weight excluding hydrogens is 250 g/mol. The second kappa shape index (κ2) is 5.21. The van der Waals surface area contributed by atoms with Gasteiger partial charge in [0.15, 0.2) is 0 Å². The molecule has 0 radical (unpaired) electrons. The zero-order chi connectivity index (χ0) is 13.9. The first-order chi connectivity index (χ1) is 9.79. The van der Waals surface area contributed by atoms with Gasteiger partial charge < -0.3 is 4.74 Å².